The molecule has 1 aliphatic rings. The maximum Gasteiger partial charge on any atom is 0.418 e. The molecule has 126 valence electrons. The van der Waals surface area contributed by atoms with Gasteiger partial charge in [-0.2, -0.15) is 13.2 Å². The van der Waals surface area contributed by atoms with E-state index in [0.29, 0.717) is 11.3 Å². The fraction of sp³-hybridized carbons (Fsp3) is 0.250. The van der Waals surface area contributed by atoms with E-state index in [1.54, 1.807) is 24.4 Å². The van der Waals surface area contributed by atoms with Crippen LogP contribution in [0.4, 0.5) is 18.9 Å². The summed E-state index contributed by atoms with van der Waals surface area (Å²) in [6.07, 6.45) is -1.53. The van der Waals surface area contributed by atoms with Gasteiger partial charge in [0.25, 0.3) is 0 Å². The Morgan fingerprint density at radius 3 is 2.54 bits per heavy atom. The van der Waals surface area contributed by atoms with Crippen LogP contribution < -0.4 is 5.32 Å². The number of hydrogen-bond donors (Lipinski definition) is 1. The second kappa shape index (κ2) is 6.26. The molecule has 0 bridgehead atoms. The van der Waals surface area contributed by atoms with Gasteiger partial charge in [0.05, 0.1) is 23.0 Å². The molecule has 0 aliphatic carbocycles. The Bertz CT molecular complexity index is 786. The predicted octanol–water partition coefficient (Wildman–Crippen LogP) is 4.79. The van der Waals surface area contributed by atoms with Crippen LogP contribution in [0.25, 0.3) is 11.3 Å². The largest absolute Gasteiger partial charge is 0.418 e. The third kappa shape index (κ3) is 3.08. The smallest absolute Gasteiger partial charge is 0.359 e. The van der Waals surface area contributed by atoms with Gasteiger partial charge in [0.15, 0.2) is 5.66 Å². The first-order chi connectivity index (χ1) is 11.4. The van der Waals surface area contributed by atoms with Crippen LogP contribution >= 0.6 is 23.2 Å². The van der Waals surface area contributed by atoms with Crippen LogP contribution in [0.15, 0.2) is 41.5 Å². The number of hydrogen-bond acceptors (Lipinski definition) is 3. The highest BCUT2D eigenvalue weighted by Crippen LogP contribution is 2.37. The Hall–Kier alpha value is -1.79. The van der Waals surface area contributed by atoms with Crippen molar-refractivity contribution >= 4 is 35.1 Å². The van der Waals surface area contributed by atoms with E-state index in [1.807, 2.05) is 0 Å². The van der Waals surface area contributed by atoms with E-state index in [4.69, 9.17) is 23.2 Å². The zero-order valence-corrected chi connectivity index (χ0v) is 13.8. The van der Waals surface area contributed by atoms with Crippen LogP contribution in [0.5, 0.6) is 0 Å². The second-order valence-electron chi connectivity index (χ2n) is 5.38. The molecular weight excluding hydrogens is 362 g/mol. The topological polar surface area (TPSA) is 37.3 Å². The highest BCUT2D eigenvalue weighted by Gasteiger charge is 2.35. The first kappa shape index (κ1) is 17.0. The summed E-state index contributed by atoms with van der Waals surface area (Å²) < 4.78 is 39.6. The maximum atomic E-state index is 13.2. The summed E-state index contributed by atoms with van der Waals surface area (Å²) in [7, 11) is 0. The SMILES string of the molecule is FC(F)(F)c1cccnc1-c1ccc2c(c1)NC(CCl)(CCl)N=C2. The number of aromatic nitrogens is 1. The van der Waals surface area contributed by atoms with Gasteiger partial charge in [-0.3, -0.25) is 9.98 Å². The highest BCUT2D eigenvalue weighted by molar-refractivity contribution is 6.22. The molecule has 0 saturated heterocycles. The Morgan fingerprint density at radius 2 is 1.88 bits per heavy atom. The summed E-state index contributed by atoms with van der Waals surface area (Å²) in [5.41, 5.74) is -0.0693. The van der Waals surface area contributed by atoms with Crippen LogP contribution in [-0.4, -0.2) is 28.6 Å². The van der Waals surface area contributed by atoms with Crippen molar-refractivity contribution in [3.8, 4) is 11.3 Å². The van der Waals surface area contributed by atoms with Crippen molar-refractivity contribution in [2.45, 2.75) is 11.8 Å². The van der Waals surface area contributed by atoms with E-state index in [2.05, 4.69) is 15.3 Å². The molecule has 0 radical (unpaired) electrons. The van der Waals surface area contributed by atoms with Crippen molar-refractivity contribution in [3.05, 3.63) is 47.7 Å². The van der Waals surface area contributed by atoms with Crippen LogP contribution in [0, 0.1) is 0 Å². The molecule has 2 heterocycles. The number of nitrogens with one attached hydrogen (secondary N) is 1. The lowest BCUT2D eigenvalue weighted by atomic mass is 10.0. The molecule has 2 aromatic rings. The number of pyridine rings is 1. The van der Waals surface area contributed by atoms with Crippen molar-refractivity contribution in [2.75, 3.05) is 17.1 Å². The number of fused-ring (bicyclic) bond motifs is 1. The quantitative estimate of drug-likeness (QED) is 0.785. The fourth-order valence-corrected chi connectivity index (χ4v) is 2.99. The number of benzene rings is 1. The number of nitrogens with zero attached hydrogens (tertiary/aromatic N) is 2. The average Bonchev–Trinajstić information content (AvgIpc) is 2.60. The van der Waals surface area contributed by atoms with E-state index in [9.17, 15) is 13.2 Å². The molecule has 1 aromatic heterocycles. The number of rotatable bonds is 3. The summed E-state index contributed by atoms with van der Waals surface area (Å²) in [6, 6.07) is 7.15. The third-order valence-electron chi connectivity index (χ3n) is 3.70. The fourth-order valence-electron chi connectivity index (χ4n) is 2.44. The molecule has 3 nitrogen and oxygen atoms in total. The van der Waals surface area contributed by atoms with Crippen LogP contribution in [-0.2, 0) is 6.18 Å². The monoisotopic (exact) mass is 373 g/mol. The lowest BCUT2D eigenvalue weighted by Gasteiger charge is -2.32. The van der Waals surface area contributed by atoms with E-state index >= 15 is 0 Å². The van der Waals surface area contributed by atoms with Crippen LogP contribution in [0.2, 0.25) is 0 Å². The summed E-state index contributed by atoms with van der Waals surface area (Å²) in [6.45, 7) is 0. The Labute approximate surface area is 146 Å². The van der Waals surface area contributed by atoms with Crippen LogP contribution in [0.1, 0.15) is 11.1 Å². The van der Waals surface area contributed by atoms with Gasteiger partial charge in [-0.15, -0.1) is 23.2 Å². The highest BCUT2D eigenvalue weighted by atomic mass is 35.5. The molecule has 3 rings (SSSR count). The standard InChI is InChI=1S/C16H12Cl2F3N3/c17-8-15(9-18)23-7-11-4-3-10(6-13(11)24-15)14-12(16(19,20)21)2-1-5-22-14/h1-7,24H,8-9H2. The van der Waals surface area contributed by atoms with Crippen molar-refractivity contribution in [1.82, 2.24) is 4.98 Å². The first-order valence-electron chi connectivity index (χ1n) is 7.00. The van der Waals surface area contributed by atoms with Gasteiger partial charge in [0.1, 0.15) is 0 Å². The van der Waals surface area contributed by atoms with E-state index in [1.165, 1.54) is 12.3 Å². The summed E-state index contributed by atoms with van der Waals surface area (Å²) >= 11 is 11.8. The van der Waals surface area contributed by atoms with E-state index in [-0.39, 0.29) is 17.5 Å². The molecule has 0 fully saturated rings. The molecule has 8 heteroatoms. The lowest BCUT2D eigenvalue weighted by Crippen LogP contribution is -2.42. The second-order valence-corrected chi connectivity index (χ2v) is 5.92. The first-order valence-corrected chi connectivity index (χ1v) is 8.07. The molecule has 0 atom stereocenters. The minimum Gasteiger partial charge on any atom is -0.359 e. The van der Waals surface area contributed by atoms with Crippen molar-refractivity contribution in [1.29, 1.82) is 0 Å². The molecule has 1 N–H and O–H groups in total. The maximum absolute atomic E-state index is 13.2. The average molecular weight is 374 g/mol. The third-order valence-corrected chi connectivity index (χ3v) is 4.58. The molecule has 24 heavy (non-hydrogen) atoms. The van der Waals surface area contributed by atoms with Crippen LogP contribution in [0.3, 0.4) is 0 Å². The van der Waals surface area contributed by atoms with Gasteiger partial charge < -0.3 is 5.32 Å². The minimum atomic E-state index is -4.48. The van der Waals surface area contributed by atoms with E-state index in [0.717, 1.165) is 11.6 Å². The number of anilines is 1. The van der Waals surface area contributed by atoms with Gasteiger partial charge in [-0.05, 0) is 18.2 Å². The number of aliphatic imine (C=N–C) groups is 1. The molecule has 0 spiro atoms. The Kier molecular flexibility index (Phi) is 4.44. The number of alkyl halides is 5. The molecule has 0 saturated carbocycles. The molecular formula is C16H12Cl2F3N3. The molecule has 1 aliphatic heterocycles. The van der Waals surface area contributed by atoms with E-state index < -0.39 is 17.4 Å². The minimum absolute atomic E-state index is 0.126. The number of halogens is 5. The molecule has 0 amide bonds. The van der Waals surface area contributed by atoms with Gasteiger partial charge in [0.2, 0.25) is 0 Å². The summed E-state index contributed by atoms with van der Waals surface area (Å²) in [4.78, 5) is 8.21. The Morgan fingerprint density at radius 1 is 1.12 bits per heavy atom. The summed E-state index contributed by atoms with van der Waals surface area (Å²) in [5.74, 6) is 0.266. The molecule has 0 unspecified atom stereocenters. The van der Waals surface area contributed by atoms with Crippen molar-refractivity contribution in [2.24, 2.45) is 4.99 Å². The van der Waals surface area contributed by atoms with Crippen molar-refractivity contribution in [3.63, 3.8) is 0 Å². The van der Waals surface area contributed by atoms with Gasteiger partial charge in [-0.1, -0.05) is 12.1 Å². The zero-order valence-electron chi connectivity index (χ0n) is 12.2. The van der Waals surface area contributed by atoms with Gasteiger partial charge >= 0.3 is 6.18 Å². The molecule has 1 aromatic carbocycles. The zero-order chi connectivity index (χ0) is 17.4. The predicted molar refractivity (Wildman–Crippen MR) is 90.1 cm³/mol. The normalized spacial score (nSPS) is 15.7. The Balaban J connectivity index is 2.07. The van der Waals surface area contributed by atoms with Gasteiger partial charge in [-0.25, -0.2) is 0 Å². The summed E-state index contributed by atoms with van der Waals surface area (Å²) in [5, 5.41) is 3.11. The van der Waals surface area contributed by atoms with Crippen molar-refractivity contribution < 1.29 is 13.2 Å². The lowest BCUT2D eigenvalue weighted by molar-refractivity contribution is -0.137. The van der Waals surface area contributed by atoms with Gasteiger partial charge in [0, 0.05) is 29.2 Å².